The minimum absolute atomic E-state index is 0.132. The summed E-state index contributed by atoms with van der Waals surface area (Å²) in [7, 11) is -0.536. The Morgan fingerprint density at radius 1 is 1.12 bits per heavy atom. The Labute approximate surface area is 110 Å². The molecule has 5 heteroatoms. The summed E-state index contributed by atoms with van der Waals surface area (Å²) >= 11 is 0.272. The van der Waals surface area contributed by atoms with Crippen LogP contribution in [0.2, 0.25) is 0 Å². The second-order valence-electron chi connectivity index (χ2n) is 3.33. The van der Waals surface area contributed by atoms with Gasteiger partial charge >= 0.3 is 110 Å². The molecule has 0 aliphatic carbocycles. The standard InChI is InChI=1S/C12H19BO3Se/c1-4-14-13(15-5-2)16-11(3)17-12-9-7-6-8-10-12/h6-11H,4-5H2,1-3H3. The van der Waals surface area contributed by atoms with Crippen molar-refractivity contribution in [3.63, 3.8) is 0 Å². The normalized spacial score (nSPS) is 12.4. The van der Waals surface area contributed by atoms with Crippen molar-refractivity contribution in [3.05, 3.63) is 30.3 Å². The molecular weight excluding hydrogens is 282 g/mol. The molecule has 1 atom stereocenters. The quantitative estimate of drug-likeness (QED) is 0.680. The van der Waals surface area contributed by atoms with Gasteiger partial charge in [-0.1, -0.05) is 0 Å². The van der Waals surface area contributed by atoms with Gasteiger partial charge in [-0.2, -0.15) is 0 Å². The second-order valence-corrected chi connectivity index (χ2v) is 6.21. The molecule has 0 heterocycles. The van der Waals surface area contributed by atoms with Gasteiger partial charge in [0.1, 0.15) is 0 Å². The molecule has 0 saturated heterocycles. The predicted molar refractivity (Wildman–Crippen MR) is 71.4 cm³/mol. The van der Waals surface area contributed by atoms with Crippen molar-refractivity contribution in [2.24, 2.45) is 0 Å². The molecule has 0 spiro atoms. The maximum absolute atomic E-state index is 5.72. The molecule has 0 bridgehead atoms. The van der Waals surface area contributed by atoms with Crippen LogP contribution in [0.4, 0.5) is 0 Å². The zero-order chi connectivity index (χ0) is 12.5. The Morgan fingerprint density at radius 3 is 2.24 bits per heavy atom. The SMILES string of the molecule is CCOB(OCC)OC(C)[Se]c1ccccc1. The molecule has 94 valence electrons. The van der Waals surface area contributed by atoms with Crippen molar-refractivity contribution in [1.82, 2.24) is 0 Å². The van der Waals surface area contributed by atoms with E-state index in [1.165, 1.54) is 4.46 Å². The number of rotatable bonds is 8. The van der Waals surface area contributed by atoms with Crippen LogP contribution >= 0.6 is 0 Å². The van der Waals surface area contributed by atoms with Crippen LogP contribution in [-0.4, -0.2) is 40.5 Å². The number of benzene rings is 1. The van der Waals surface area contributed by atoms with Crippen LogP contribution < -0.4 is 4.46 Å². The first kappa shape index (κ1) is 14.7. The third kappa shape index (κ3) is 6.25. The van der Waals surface area contributed by atoms with Crippen LogP contribution in [0.15, 0.2) is 30.3 Å². The van der Waals surface area contributed by atoms with Gasteiger partial charge in [0.15, 0.2) is 0 Å². The van der Waals surface area contributed by atoms with E-state index in [-0.39, 0.29) is 20.0 Å². The van der Waals surface area contributed by atoms with Gasteiger partial charge < -0.3 is 0 Å². The van der Waals surface area contributed by atoms with Crippen molar-refractivity contribution < 1.29 is 14.0 Å². The minimum atomic E-state index is -0.536. The molecule has 0 aromatic heterocycles. The fraction of sp³-hybridized carbons (Fsp3) is 0.500. The molecule has 0 radical (unpaired) electrons. The average Bonchev–Trinajstić information content (AvgIpc) is 2.30. The van der Waals surface area contributed by atoms with E-state index >= 15 is 0 Å². The van der Waals surface area contributed by atoms with Crippen LogP contribution in [0.1, 0.15) is 20.8 Å². The molecule has 1 aromatic rings. The molecule has 1 rings (SSSR count). The molecule has 0 amide bonds. The van der Waals surface area contributed by atoms with E-state index in [0.717, 1.165) is 0 Å². The predicted octanol–water partition coefficient (Wildman–Crippen LogP) is 1.44. The summed E-state index contributed by atoms with van der Waals surface area (Å²) in [5.74, 6) is 0. The first-order chi connectivity index (χ1) is 8.26. The van der Waals surface area contributed by atoms with Crippen molar-refractivity contribution in [3.8, 4) is 0 Å². The van der Waals surface area contributed by atoms with Gasteiger partial charge in [-0.05, 0) is 0 Å². The molecule has 3 nitrogen and oxygen atoms in total. The summed E-state index contributed by atoms with van der Waals surface area (Å²) in [4.78, 5) is 0. The third-order valence-corrected chi connectivity index (χ3v) is 4.03. The van der Waals surface area contributed by atoms with Crippen molar-refractivity contribution >= 4 is 26.7 Å². The Hall–Kier alpha value is -0.316. The van der Waals surface area contributed by atoms with Gasteiger partial charge in [-0.15, -0.1) is 0 Å². The molecular formula is C12H19BO3Se. The number of hydrogen-bond donors (Lipinski definition) is 0. The number of hydrogen-bond acceptors (Lipinski definition) is 3. The fourth-order valence-electron chi connectivity index (χ4n) is 1.27. The second kappa shape index (κ2) is 8.73. The van der Waals surface area contributed by atoms with Crippen LogP contribution in [0.5, 0.6) is 0 Å². The zero-order valence-corrected chi connectivity index (χ0v) is 12.3. The summed E-state index contributed by atoms with van der Waals surface area (Å²) in [5.41, 5.74) is 0. The Morgan fingerprint density at radius 2 is 1.71 bits per heavy atom. The van der Waals surface area contributed by atoms with Crippen LogP contribution in [0, 0.1) is 0 Å². The molecule has 0 aliphatic rings. The van der Waals surface area contributed by atoms with Gasteiger partial charge in [0.2, 0.25) is 0 Å². The zero-order valence-electron chi connectivity index (χ0n) is 10.6. The summed E-state index contributed by atoms with van der Waals surface area (Å²) in [6.07, 6.45) is 0. The molecule has 0 fully saturated rings. The van der Waals surface area contributed by atoms with Crippen molar-refractivity contribution in [2.45, 2.75) is 25.8 Å². The molecule has 0 aliphatic heterocycles. The van der Waals surface area contributed by atoms with Crippen LogP contribution in [0.3, 0.4) is 0 Å². The summed E-state index contributed by atoms with van der Waals surface area (Å²) in [6, 6.07) is 10.4. The molecule has 0 saturated carbocycles. The summed E-state index contributed by atoms with van der Waals surface area (Å²) in [6.45, 7) is 7.11. The van der Waals surface area contributed by atoms with E-state index in [9.17, 15) is 0 Å². The molecule has 17 heavy (non-hydrogen) atoms. The van der Waals surface area contributed by atoms with Crippen molar-refractivity contribution in [2.75, 3.05) is 13.2 Å². The third-order valence-electron chi connectivity index (χ3n) is 1.95. The molecule has 1 unspecified atom stereocenters. The monoisotopic (exact) mass is 302 g/mol. The van der Waals surface area contributed by atoms with E-state index in [1.807, 2.05) is 32.0 Å². The van der Waals surface area contributed by atoms with Crippen molar-refractivity contribution in [1.29, 1.82) is 0 Å². The first-order valence-electron chi connectivity index (χ1n) is 5.86. The van der Waals surface area contributed by atoms with E-state index in [0.29, 0.717) is 13.2 Å². The van der Waals surface area contributed by atoms with Gasteiger partial charge in [0, 0.05) is 0 Å². The van der Waals surface area contributed by atoms with E-state index in [2.05, 4.69) is 19.1 Å². The fourth-order valence-corrected chi connectivity index (χ4v) is 3.04. The average molecular weight is 301 g/mol. The van der Waals surface area contributed by atoms with Gasteiger partial charge in [0.25, 0.3) is 0 Å². The molecule has 1 aromatic carbocycles. The molecule has 0 N–H and O–H groups in total. The van der Waals surface area contributed by atoms with E-state index in [4.69, 9.17) is 14.0 Å². The van der Waals surface area contributed by atoms with Crippen LogP contribution in [-0.2, 0) is 14.0 Å². The maximum atomic E-state index is 5.72. The Balaban J connectivity index is 2.38. The summed E-state index contributed by atoms with van der Waals surface area (Å²) < 4.78 is 17.7. The Kier molecular flexibility index (Phi) is 7.57. The first-order valence-corrected chi connectivity index (χ1v) is 7.71. The summed E-state index contributed by atoms with van der Waals surface area (Å²) in [5, 5.41) is 0.132. The van der Waals surface area contributed by atoms with Gasteiger partial charge in [0.05, 0.1) is 0 Å². The topological polar surface area (TPSA) is 27.7 Å². The van der Waals surface area contributed by atoms with Crippen LogP contribution in [0.25, 0.3) is 0 Å². The van der Waals surface area contributed by atoms with Gasteiger partial charge in [-0.3, -0.25) is 0 Å². The van der Waals surface area contributed by atoms with Gasteiger partial charge in [-0.25, -0.2) is 0 Å². The van der Waals surface area contributed by atoms with E-state index in [1.54, 1.807) is 0 Å². The Bertz CT molecular complexity index is 291. The van der Waals surface area contributed by atoms with E-state index < -0.39 is 7.32 Å².